The Morgan fingerprint density at radius 1 is 0.900 bits per heavy atom. The molecule has 0 saturated carbocycles. The van der Waals surface area contributed by atoms with Gasteiger partial charge in [-0.3, -0.25) is 0 Å². The van der Waals surface area contributed by atoms with Gasteiger partial charge >= 0.3 is 0 Å². The third-order valence-corrected chi connectivity index (χ3v) is 3.11. The van der Waals surface area contributed by atoms with Crippen molar-refractivity contribution < 1.29 is 18.9 Å². The van der Waals surface area contributed by atoms with E-state index in [9.17, 15) is 0 Å². The third-order valence-electron chi connectivity index (χ3n) is 3.11. The van der Waals surface area contributed by atoms with Gasteiger partial charge < -0.3 is 18.9 Å². The first kappa shape index (κ1) is 19.4. The standard InChI is InChI=1S/C16H30O4/c1-5-9-15(18-3)10-7-6-8-11-16(19-4)12-13-20-14-17-2/h15-16H,5,7,9-14H2,1-4H3/t15-,16-/m1/s1. The molecule has 4 heteroatoms. The van der Waals surface area contributed by atoms with E-state index in [-0.39, 0.29) is 6.10 Å². The second-order valence-corrected chi connectivity index (χ2v) is 4.70. The Balaban J connectivity index is 3.74. The molecule has 0 bridgehead atoms. The van der Waals surface area contributed by atoms with E-state index in [0.717, 1.165) is 38.5 Å². The van der Waals surface area contributed by atoms with E-state index >= 15 is 0 Å². The normalized spacial score (nSPS) is 13.6. The fourth-order valence-electron chi connectivity index (χ4n) is 1.87. The molecule has 0 aromatic rings. The van der Waals surface area contributed by atoms with Crippen molar-refractivity contribution in [3.05, 3.63) is 0 Å². The van der Waals surface area contributed by atoms with Crippen molar-refractivity contribution in [2.75, 3.05) is 34.7 Å². The molecule has 0 aromatic heterocycles. The predicted octanol–water partition coefficient (Wildman–Crippen LogP) is 3.00. The summed E-state index contributed by atoms with van der Waals surface area (Å²) in [4.78, 5) is 0. The highest BCUT2D eigenvalue weighted by Gasteiger charge is 2.06. The first-order valence-electron chi connectivity index (χ1n) is 7.36. The Morgan fingerprint density at radius 3 is 2.25 bits per heavy atom. The minimum Gasteiger partial charge on any atom is -0.381 e. The number of methoxy groups -OCH3 is 3. The highest BCUT2D eigenvalue weighted by atomic mass is 16.7. The van der Waals surface area contributed by atoms with Gasteiger partial charge in [0.05, 0.1) is 18.8 Å². The molecule has 118 valence electrons. The lowest BCUT2D eigenvalue weighted by molar-refractivity contribution is -0.0427. The van der Waals surface area contributed by atoms with Crippen LogP contribution < -0.4 is 0 Å². The van der Waals surface area contributed by atoms with Crippen molar-refractivity contribution in [2.45, 2.75) is 57.7 Å². The second kappa shape index (κ2) is 14.8. The highest BCUT2D eigenvalue weighted by Crippen LogP contribution is 2.08. The summed E-state index contributed by atoms with van der Waals surface area (Å²) in [5.74, 6) is 6.38. The summed E-state index contributed by atoms with van der Waals surface area (Å²) >= 11 is 0. The molecular formula is C16H30O4. The van der Waals surface area contributed by atoms with Crippen LogP contribution >= 0.6 is 0 Å². The van der Waals surface area contributed by atoms with Crippen LogP contribution in [0.4, 0.5) is 0 Å². The maximum atomic E-state index is 5.39. The maximum Gasteiger partial charge on any atom is 0.146 e. The van der Waals surface area contributed by atoms with Gasteiger partial charge in [0.25, 0.3) is 0 Å². The van der Waals surface area contributed by atoms with Gasteiger partial charge in [-0.15, -0.1) is 11.8 Å². The summed E-state index contributed by atoms with van der Waals surface area (Å²) < 4.78 is 20.8. The SMILES string of the molecule is CCC[C@H](CCC#CC[C@H](CCOCOC)OC)OC. The molecule has 0 aliphatic rings. The second-order valence-electron chi connectivity index (χ2n) is 4.70. The van der Waals surface area contributed by atoms with Gasteiger partial charge in [-0.1, -0.05) is 13.3 Å². The average Bonchev–Trinajstić information content (AvgIpc) is 2.47. The lowest BCUT2D eigenvalue weighted by Gasteiger charge is -2.12. The van der Waals surface area contributed by atoms with Crippen molar-refractivity contribution in [1.29, 1.82) is 0 Å². The molecule has 0 saturated heterocycles. The largest absolute Gasteiger partial charge is 0.381 e. The molecule has 4 nitrogen and oxygen atoms in total. The fraction of sp³-hybridized carbons (Fsp3) is 0.875. The van der Waals surface area contributed by atoms with Gasteiger partial charge in [-0.25, -0.2) is 0 Å². The van der Waals surface area contributed by atoms with Crippen molar-refractivity contribution in [3.8, 4) is 11.8 Å². The molecule has 0 aromatic carbocycles. The predicted molar refractivity (Wildman–Crippen MR) is 80.6 cm³/mol. The monoisotopic (exact) mass is 286 g/mol. The molecule has 0 spiro atoms. The summed E-state index contributed by atoms with van der Waals surface area (Å²) in [5.41, 5.74) is 0. The van der Waals surface area contributed by atoms with Crippen molar-refractivity contribution in [3.63, 3.8) is 0 Å². The third kappa shape index (κ3) is 11.2. The van der Waals surface area contributed by atoms with E-state index < -0.39 is 0 Å². The number of ether oxygens (including phenoxy) is 4. The van der Waals surface area contributed by atoms with Crippen LogP contribution in [0.1, 0.15) is 45.4 Å². The Kier molecular flexibility index (Phi) is 14.4. The zero-order valence-electron chi connectivity index (χ0n) is 13.4. The van der Waals surface area contributed by atoms with Gasteiger partial charge in [-0.2, -0.15) is 0 Å². The van der Waals surface area contributed by atoms with Gasteiger partial charge in [0.2, 0.25) is 0 Å². The van der Waals surface area contributed by atoms with Crippen LogP contribution in [0.25, 0.3) is 0 Å². The molecule has 0 unspecified atom stereocenters. The van der Waals surface area contributed by atoms with Gasteiger partial charge in [-0.05, 0) is 19.3 Å². The smallest absolute Gasteiger partial charge is 0.146 e. The summed E-state index contributed by atoms with van der Waals surface area (Å²) in [5, 5.41) is 0. The van der Waals surface area contributed by atoms with E-state index in [1.54, 1.807) is 21.3 Å². The molecular weight excluding hydrogens is 256 g/mol. The summed E-state index contributed by atoms with van der Waals surface area (Å²) in [6.07, 6.45) is 6.21. The molecule has 20 heavy (non-hydrogen) atoms. The van der Waals surface area contributed by atoms with Crippen molar-refractivity contribution in [1.82, 2.24) is 0 Å². The van der Waals surface area contributed by atoms with Crippen LogP contribution in [0.15, 0.2) is 0 Å². The lowest BCUT2D eigenvalue weighted by atomic mass is 10.1. The number of hydrogen-bond donors (Lipinski definition) is 0. The molecule has 0 N–H and O–H groups in total. The van der Waals surface area contributed by atoms with E-state index in [2.05, 4.69) is 18.8 Å². The van der Waals surface area contributed by atoms with E-state index in [4.69, 9.17) is 18.9 Å². The zero-order valence-corrected chi connectivity index (χ0v) is 13.4. The number of hydrogen-bond acceptors (Lipinski definition) is 4. The van der Waals surface area contributed by atoms with E-state index in [1.165, 1.54) is 0 Å². The highest BCUT2D eigenvalue weighted by molar-refractivity contribution is 5.00. The fourth-order valence-corrected chi connectivity index (χ4v) is 1.87. The summed E-state index contributed by atoms with van der Waals surface area (Å²) in [6.45, 7) is 3.14. The number of rotatable bonds is 12. The molecule has 0 amide bonds. The summed E-state index contributed by atoms with van der Waals surface area (Å²) in [7, 11) is 5.10. The van der Waals surface area contributed by atoms with E-state index in [0.29, 0.717) is 19.5 Å². The Labute approximate surface area is 124 Å². The minimum absolute atomic E-state index is 0.133. The quantitative estimate of drug-likeness (QED) is 0.314. The first-order valence-corrected chi connectivity index (χ1v) is 7.36. The van der Waals surface area contributed by atoms with Crippen LogP contribution in [-0.2, 0) is 18.9 Å². The topological polar surface area (TPSA) is 36.9 Å². The molecule has 2 atom stereocenters. The molecule has 0 heterocycles. The lowest BCUT2D eigenvalue weighted by Crippen LogP contribution is -2.13. The van der Waals surface area contributed by atoms with Crippen LogP contribution in [0.5, 0.6) is 0 Å². The zero-order chi connectivity index (χ0) is 15.1. The molecule has 0 aliphatic carbocycles. The van der Waals surface area contributed by atoms with Gasteiger partial charge in [0.1, 0.15) is 6.79 Å². The molecule has 0 aliphatic heterocycles. The average molecular weight is 286 g/mol. The Bertz CT molecular complexity index is 257. The van der Waals surface area contributed by atoms with Crippen LogP contribution in [0.3, 0.4) is 0 Å². The maximum absolute atomic E-state index is 5.39. The molecule has 0 fully saturated rings. The Hall–Kier alpha value is -0.600. The van der Waals surface area contributed by atoms with Crippen molar-refractivity contribution in [2.24, 2.45) is 0 Å². The van der Waals surface area contributed by atoms with Crippen LogP contribution in [0.2, 0.25) is 0 Å². The van der Waals surface area contributed by atoms with Crippen molar-refractivity contribution >= 4 is 0 Å². The van der Waals surface area contributed by atoms with Gasteiger partial charge in [0.15, 0.2) is 0 Å². The molecule has 0 radical (unpaired) electrons. The summed E-state index contributed by atoms with van der Waals surface area (Å²) in [6, 6.07) is 0. The van der Waals surface area contributed by atoms with E-state index in [1.807, 2.05) is 0 Å². The van der Waals surface area contributed by atoms with Gasteiger partial charge in [0, 0.05) is 34.2 Å². The van der Waals surface area contributed by atoms with Crippen LogP contribution in [0, 0.1) is 11.8 Å². The molecule has 0 rings (SSSR count). The first-order chi connectivity index (χ1) is 9.78. The Morgan fingerprint density at radius 2 is 1.65 bits per heavy atom. The van der Waals surface area contributed by atoms with Crippen LogP contribution in [-0.4, -0.2) is 46.9 Å². The minimum atomic E-state index is 0.133.